The van der Waals surface area contributed by atoms with Crippen molar-refractivity contribution in [3.8, 4) is 0 Å². The lowest BCUT2D eigenvalue weighted by molar-refractivity contribution is -0.280. The van der Waals surface area contributed by atoms with E-state index >= 15 is 0 Å². The topological polar surface area (TPSA) is 58.9 Å². The molecule has 0 radical (unpaired) electrons. The van der Waals surface area contributed by atoms with E-state index in [9.17, 15) is 10.2 Å². The number of aliphatic hydroxyl groups is 2. The van der Waals surface area contributed by atoms with Crippen molar-refractivity contribution in [3.05, 3.63) is 11.6 Å². The standard InChI is InChI=1S/C27H42O4/c1-16-7-12-27(30-15-16)17(2)23-22(31-27)14-26(29)21-6-5-18-13-19(28)8-10-24(18,3)20(21)9-11-25(23,26)4/h5,16-17,19-23,28-29H,6-15H2,1-4H3/t16-,17+,19+,20+,21-,22+,23+,24+,25-,26-,27-/m1/s1. The second kappa shape index (κ2) is 6.58. The molecule has 0 aromatic heterocycles. The normalized spacial score (nSPS) is 60.7. The minimum Gasteiger partial charge on any atom is -0.393 e. The van der Waals surface area contributed by atoms with E-state index in [4.69, 9.17) is 9.47 Å². The highest BCUT2D eigenvalue weighted by atomic mass is 16.7. The summed E-state index contributed by atoms with van der Waals surface area (Å²) in [5.74, 6) is 1.72. The molecule has 0 amide bonds. The van der Waals surface area contributed by atoms with Gasteiger partial charge in [0.05, 0.1) is 24.4 Å². The smallest absolute Gasteiger partial charge is 0.171 e. The van der Waals surface area contributed by atoms with E-state index in [1.165, 1.54) is 18.4 Å². The number of allylic oxidation sites excluding steroid dienone is 1. The van der Waals surface area contributed by atoms with Crippen molar-refractivity contribution in [1.82, 2.24) is 0 Å². The molecule has 2 aliphatic heterocycles. The first-order valence-corrected chi connectivity index (χ1v) is 13.0. The van der Waals surface area contributed by atoms with Crippen molar-refractivity contribution in [2.75, 3.05) is 6.61 Å². The van der Waals surface area contributed by atoms with Gasteiger partial charge in [0, 0.05) is 30.1 Å². The van der Waals surface area contributed by atoms with Crippen LogP contribution < -0.4 is 0 Å². The lowest BCUT2D eigenvalue weighted by atomic mass is 9.45. The summed E-state index contributed by atoms with van der Waals surface area (Å²) in [4.78, 5) is 0. The van der Waals surface area contributed by atoms with Crippen LogP contribution in [0.15, 0.2) is 11.6 Å². The van der Waals surface area contributed by atoms with E-state index in [1.54, 1.807) is 0 Å². The predicted molar refractivity (Wildman–Crippen MR) is 119 cm³/mol. The quantitative estimate of drug-likeness (QED) is 0.541. The van der Waals surface area contributed by atoms with Crippen LogP contribution in [-0.2, 0) is 9.47 Å². The number of rotatable bonds is 0. The minimum absolute atomic E-state index is 0.107. The number of fused-ring (bicyclic) bond motifs is 7. The maximum absolute atomic E-state index is 12.5. The highest BCUT2D eigenvalue weighted by Gasteiger charge is 2.74. The molecule has 174 valence electrons. The van der Waals surface area contributed by atoms with Crippen molar-refractivity contribution in [2.45, 2.75) is 109 Å². The van der Waals surface area contributed by atoms with Crippen LogP contribution in [0.4, 0.5) is 0 Å². The Morgan fingerprint density at radius 1 is 1.03 bits per heavy atom. The van der Waals surface area contributed by atoms with Gasteiger partial charge in [-0.3, -0.25) is 0 Å². The van der Waals surface area contributed by atoms with Gasteiger partial charge < -0.3 is 19.7 Å². The molecule has 2 heterocycles. The molecule has 0 aromatic carbocycles. The molecule has 31 heavy (non-hydrogen) atoms. The van der Waals surface area contributed by atoms with Gasteiger partial charge >= 0.3 is 0 Å². The molecule has 2 saturated heterocycles. The lowest BCUT2D eigenvalue weighted by Gasteiger charge is -2.61. The Kier molecular flexibility index (Phi) is 4.49. The van der Waals surface area contributed by atoms with Crippen LogP contribution in [0.2, 0.25) is 0 Å². The largest absolute Gasteiger partial charge is 0.393 e. The fourth-order valence-electron chi connectivity index (χ4n) is 9.62. The third-order valence-electron chi connectivity index (χ3n) is 11.5. The van der Waals surface area contributed by atoms with Gasteiger partial charge in [0.15, 0.2) is 5.79 Å². The molecule has 4 nitrogen and oxygen atoms in total. The van der Waals surface area contributed by atoms with Crippen LogP contribution in [0.5, 0.6) is 0 Å². The van der Waals surface area contributed by atoms with Crippen LogP contribution in [0.3, 0.4) is 0 Å². The van der Waals surface area contributed by atoms with E-state index in [-0.39, 0.29) is 23.0 Å². The Balaban J connectivity index is 1.32. The fraction of sp³-hybridized carbons (Fsp3) is 0.926. The number of hydrogen-bond acceptors (Lipinski definition) is 4. The highest BCUT2D eigenvalue weighted by molar-refractivity contribution is 5.29. The summed E-state index contributed by atoms with van der Waals surface area (Å²) in [6.07, 6.45) is 11.3. The molecule has 1 spiro atoms. The Bertz CT molecular complexity index is 784. The van der Waals surface area contributed by atoms with Gasteiger partial charge in [-0.25, -0.2) is 0 Å². The van der Waals surface area contributed by atoms with Gasteiger partial charge in [-0.1, -0.05) is 39.3 Å². The second-order valence-electron chi connectivity index (χ2n) is 12.8. The van der Waals surface area contributed by atoms with Gasteiger partial charge in [0.1, 0.15) is 0 Å². The number of aliphatic hydroxyl groups excluding tert-OH is 1. The average Bonchev–Trinajstić information content (AvgIpc) is 3.12. The van der Waals surface area contributed by atoms with E-state index < -0.39 is 11.4 Å². The molecular formula is C27H42O4. The maximum atomic E-state index is 12.5. The zero-order valence-electron chi connectivity index (χ0n) is 19.9. The summed E-state index contributed by atoms with van der Waals surface area (Å²) in [5.41, 5.74) is 0.841. The molecule has 0 aromatic rings. The van der Waals surface area contributed by atoms with Crippen molar-refractivity contribution >= 4 is 0 Å². The van der Waals surface area contributed by atoms with Crippen LogP contribution in [0.25, 0.3) is 0 Å². The summed E-state index contributed by atoms with van der Waals surface area (Å²) in [5, 5.41) is 22.7. The Morgan fingerprint density at radius 3 is 2.58 bits per heavy atom. The SMILES string of the molecule is C[C@@H]1CC[C@@]2(OC1)O[C@H]1C[C@@]3(O)[C@@H]4CC=C5C[C@@H](O)CC[C@]5(C)[C@H]4CC[C@]3(C)[C@H]1[C@@H]2C. The Morgan fingerprint density at radius 2 is 1.84 bits per heavy atom. The van der Waals surface area contributed by atoms with E-state index in [1.807, 2.05) is 0 Å². The Labute approximate surface area is 187 Å². The summed E-state index contributed by atoms with van der Waals surface area (Å²) < 4.78 is 13.2. The van der Waals surface area contributed by atoms with Gasteiger partial charge in [-0.2, -0.15) is 0 Å². The third kappa shape index (κ3) is 2.57. The monoisotopic (exact) mass is 430 g/mol. The van der Waals surface area contributed by atoms with Crippen LogP contribution >= 0.6 is 0 Å². The maximum Gasteiger partial charge on any atom is 0.171 e. The van der Waals surface area contributed by atoms with E-state index in [0.717, 1.165) is 51.6 Å². The van der Waals surface area contributed by atoms with Gasteiger partial charge in [0.2, 0.25) is 0 Å². The predicted octanol–water partition coefficient (Wildman–Crippen LogP) is 4.83. The first-order chi connectivity index (χ1) is 14.6. The molecule has 3 saturated carbocycles. The zero-order valence-corrected chi connectivity index (χ0v) is 19.9. The molecule has 2 N–H and O–H groups in total. The number of ether oxygens (including phenoxy) is 2. The second-order valence-corrected chi connectivity index (χ2v) is 12.8. The van der Waals surface area contributed by atoms with Gasteiger partial charge in [-0.15, -0.1) is 0 Å². The fourth-order valence-corrected chi connectivity index (χ4v) is 9.62. The minimum atomic E-state index is -0.663. The van der Waals surface area contributed by atoms with Crippen molar-refractivity contribution < 1.29 is 19.7 Å². The molecule has 11 atom stereocenters. The van der Waals surface area contributed by atoms with Crippen LogP contribution in [0, 0.1) is 40.4 Å². The van der Waals surface area contributed by atoms with Gasteiger partial charge in [-0.05, 0) is 68.1 Å². The molecule has 5 fully saturated rings. The van der Waals surface area contributed by atoms with Crippen LogP contribution in [0.1, 0.15) is 85.5 Å². The first kappa shape index (κ1) is 21.1. The highest BCUT2D eigenvalue weighted by Crippen LogP contribution is 2.72. The summed E-state index contributed by atoms with van der Waals surface area (Å²) in [6.45, 7) is 10.2. The average molecular weight is 431 g/mol. The zero-order chi connectivity index (χ0) is 21.8. The van der Waals surface area contributed by atoms with E-state index in [0.29, 0.717) is 29.6 Å². The van der Waals surface area contributed by atoms with Crippen molar-refractivity contribution in [3.63, 3.8) is 0 Å². The van der Waals surface area contributed by atoms with E-state index in [2.05, 4.69) is 33.8 Å². The summed E-state index contributed by atoms with van der Waals surface area (Å²) in [6, 6.07) is 0. The molecular weight excluding hydrogens is 388 g/mol. The van der Waals surface area contributed by atoms with Crippen molar-refractivity contribution in [2.24, 2.45) is 40.4 Å². The van der Waals surface area contributed by atoms with Crippen molar-refractivity contribution in [1.29, 1.82) is 0 Å². The molecule has 6 aliphatic rings. The Hall–Kier alpha value is -0.420. The third-order valence-corrected chi connectivity index (χ3v) is 11.5. The van der Waals surface area contributed by atoms with Crippen LogP contribution in [-0.4, -0.2) is 40.4 Å². The molecule has 0 unspecified atom stereocenters. The molecule has 0 bridgehead atoms. The lowest BCUT2D eigenvalue weighted by Crippen LogP contribution is -2.61. The number of hydrogen-bond donors (Lipinski definition) is 2. The van der Waals surface area contributed by atoms with Gasteiger partial charge in [0.25, 0.3) is 0 Å². The molecule has 4 aliphatic carbocycles. The molecule has 6 rings (SSSR count). The summed E-state index contributed by atoms with van der Waals surface area (Å²) in [7, 11) is 0. The molecule has 4 heteroatoms. The first-order valence-electron chi connectivity index (χ1n) is 13.0. The summed E-state index contributed by atoms with van der Waals surface area (Å²) >= 11 is 0.